The van der Waals surface area contributed by atoms with Crippen molar-refractivity contribution in [1.29, 1.82) is 0 Å². The van der Waals surface area contributed by atoms with Gasteiger partial charge < -0.3 is 14.8 Å². The van der Waals surface area contributed by atoms with Crippen molar-refractivity contribution in [3.63, 3.8) is 0 Å². The summed E-state index contributed by atoms with van der Waals surface area (Å²) in [7, 11) is -1.22. The fourth-order valence-corrected chi connectivity index (χ4v) is 5.15. The molecule has 0 aliphatic carbocycles. The van der Waals surface area contributed by atoms with Crippen LogP contribution in [0.15, 0.2) is 28.5 Å². The minimum atomic E-state index is -3.82. The van der Waals surface area contributed by atoms with Crippen LogP contribution in [0.4, 0.5) is 0 Å². The highest BCUT2D eigenvalue weighted by Gasteiger charge is 2.26. The first-order valence-corrected chi connectivity index (χ1v) is 9.82. The van der Waals surface area contributed by atoms with Gasteiger partial charge in [-0.2, -0.15) is 0 Å². The average molecular weight is 382 g/mol. The first kappa shape index (κ1) is 17.9. The molecule has 1 aromatic carbocycles. The van der Waals surface area contributed by atoms with Crippen molar-refractivity contribution >= 4 is 27.3 Å². The van der Waals surface area contributed by atoms with Crippen LogP contribution in [0, 0.1) is 0 Å². The maximum Gasteiger partial charge on any atom is 0.348 e. The molecule has 1 aliphatic rings. The molecule has 0 bridgehead atoms. The monoisotopic (exact) mass is 382 g/mol. The second-order valence-corrected chi connectivity index (χ2v) is 8.50. The van der Waals surface area contributed by atoms with Crippen molar-refractivity contribution in [2.24, 2.45) is 0 Å². The van der Waals surface area contributed by atoms with Crippen molar-refractivity contribution in [3.8, 4) is 5.75 Å². The van der Waals surface area contributed by atoms with Crippen LogP contribution in [0.5, 0.6) is 5.75 Å². The number of benzene rings is 1. The van der Waals surface area contributed by atoms with Gasteiger partial charge in [0, 0.05) is 25.7 Å². The molecule has 0 atom stereocenters. The zero-order chi connectivity index (χ0) is 18.0. The minimum Gasteiger partial charge on any atom is -0.494 e. The van der Waals surface area contributed by atoms with Gasteiger partial charge in [-0.1, -0.05) is 18.2 Å². The molecule has 0 radical (unpaired) electrons. The lowest BCUT2D eigenvalue weighted by molar-refractivity contribution is 0.0606. The lowest BCUT2D eigenvalue weighted by Crippen LogP contribution is -2.22. The third-order valence-corrected chi connectivity index (χ3v) is 6.90. The highest BCUT2D eigenvalue weighted by atomic mass is 32.2. The maximum atomic E-state index is 12.6. The predicted octanol–water partition coefficient (Wildman–Crippen LogP) is 1.62. The third kappa shape index (κ3) is 3.69. The molecule has 2 heterocycles. The third-order valence-electron chi connectivity index (χ3n) is 3.88. The van der Waals surface area contributed by atoms with Crippen LogP contribution in [-0.4, -0.2) is 28.6 Å². The fourth-order valence-electron chi connectivity index (χ4n) is 2.59. The highest BCUT2D eigenvalue weighted by molar-refractivity contribution is 7.91. The zero-order valence-corrected chi connectivity index (χ0v) is 15.4. The van der Waals surface area contributed by atoms with E-state index in [9.17, 15) is 13.2 Å². The van der Waals surface area contributed by atoms with E-state index >= 15 is 0 Å². The molecule has 0 spiro atoms. The van der Waals surface area contributed by atoms with Gasteiger partial charge in [0.2, 0.25) is 0 Å². The SMILES string of the molecule is COC(=O)c1cc(OC)c(S(=O)(=O)NCc2ccc3c(c2)CNC3)s1. The molecular formula is C16H18N2O5S2. The molecule has 3 rings (SSSR count). The van der Waals surface area contributed by atoms with Crippen LogP contribution in [0.3, 0.4) is 0 Å². The number of carbonyl (C=O) groups is 1. The molecular weight excluding hydrogens is 364 g/mol. The number of carbonyl (C=O) groups excluding carboxylic acids is 1. The van der Waals surface area contributed by atoms with E-state index in [0.717, 1.165) is 30.0 Å². The highest BCUT2D eigenvalue weighted by Crippen LogP contribution is 2.34. The summed E-state index contributed by atoms with van der Waals surface area (Å²) >= 11 is 0.819. The number of methoxy groups -OCH3 is 2. The van der Waals surface area contributed by atoms with Crippen molar-refractivity contribution in [3.05, 3.63) is 45.8 Å². The molecule has 1 aliphatic heterocycles. The molecule has 25 heavy (non-hydrogen) atoms. The second kappa shape index (κ2) is 7.12. The quantitative estimate of drug-likeness (QED) is 0.738. The summed E-state index contributed by atoms with van der Waals surface area (Å²) in [4.78, 5) is 11.8. The number of hydrogen-bond acceptors (Lipinski definition) is 7. The van der Waals surface area contributed by atoms with Crippen LogP contribution in [-0.2, 0) is 34.4 Å². The van der Waals surface area contributed by atoms with Gasteiger partial charge in [0.05, 0.1) is 14.2 Å². The Kier molecular flexibility index (Phi) is 5.09. The summed E-state index contributed by atoms with van der Waals surface area (Å²) < 4.78 is 37.4. The number of ether oxygens (including phenoxy) is 2. The molecule has 7 nitrogen and oxygen atoms in total. The van der Waals surface area contributed by atoms with E-state index in [-0.39, 0.29) is 21.4 Å². The Hall–Kier alpha value is -1.94. The van der Waals surface area contributed by atoms with Crippen molar-refractivity contribution in [1.82, 2.24) is 10.0 Å². The van der Waals surface area contributed by atoms with Crippen molar-refractivity contribution in [2.75, 3.05) is 14.2 Å². The van der Waals surface area contributed by atoms with Gasteiger partial charge in [-0.25, -0.2) is 17.9 Å². The van der Waals surface area contributed by atoms with Crippen LogP contribution < -0.4 is 14.8 Å². The summed E-state index contributed by atoms with van der Waals surface area (Å²) in [6.07, 6.45) is 0. The normalized spacial score (nSPS) is 13.5. The standard InChI is InChI=1S/C16H18N2O5S2/c1-22-13-6-14(15(19)23-2)24-16(13)25(20,21)18-7-10-3-4-11-8-17-9-12(11)5-10/h3-6,17-18H,7-9H2,1-2H3. The topological polar surface area (TPSA) is 93.7 Å². The Bertz CT molecular complexity index is 905. The second-order valence-electron chi connectivity index (χ2n) is 5.49. The van der Waals surface area contributed by atoms with E-state index in [2.05, 4.69) is 14.8 Å². The fraction of sp³-hybridized carbons (Fsp3) is 0.312. The smallest absolute Gasteiger partial charge is 0.348 e. The number of rotatable bonds is 6. The summed E-state index contributed by atoms with van der Waals surface area (Å²) in [6, 6.07) is 7.26. The van der Waals surface area contributed by atoms with Gasteiger partial charge in [-0.15, -0.1) is 11.3 Å². The molecule has 0 fully saturated rings. The Balaban J connectivity index is 1.80. The molecule has 0 amide bonds. The first-order valence-electron chi connectivity index (χ1n) is 7.52. The minimum absolute atomic E-state index is 0.0433. The Morgan fingerprint density at radius 1 is 1.24 bits per heavy atom. The van der Waals surface area contributed by atoms with Gasteiger partial charge in [-0.05, 0) is 16.7 Å². The van der Waals surface area contributed by atoms with E-state index in [1.165, 1.54) is 31.4 Å². The van der Waals surface area contributed by atoms with Crippen LogP contribution in [0.25, 0.3) is 0 Å². The lowest BCUT2D eigenvalue weighted by atomic mass is 10.1. The molecule has 0 unspecified atom stereocenters. The van der Waals surface area contributed by atoms with Crippen molar-refractivity contribution in [2.45, 2.75) is 23.8 Å². The Morgan fingerprint density at radius 3 is 2.72 bits per heavy atom. The predicted molar refractivity (Wildman–Crippen MR) is 93.2 cm³/mol. The van der Waals surface area contributed by atoms with E-state index < -0.39 is 16.0 Å². The number of fused-ring (bicyclic) bond motifs is 1. The van der Waals surface area contributed by atoms with E-state index in [1.807, 2.05) is 18.2 Å². The number of esters is 1. The summed E-state index contributed by atoms with van der Waals surface area (Å²) in [5.74, 6) is -0.480. The van der Waals surface area contributed by atoms with Crippen LogP contribution in [0.1, 0.15) is 26.4 Å². The van der Waals surface area contributed by atoms with E-state index in [4.69, 9.17) is 4.74 Å². The number of thiophene rings is 1. The van der Waals surface area contributed by atoms with Gasteiger partial charge in [0.1, 0.15) is 4.88 Å². The summed E-state index contributed by atoms with van der Waals surface area (Å²) in [5.41, 5.74) is 3.28. The van der Waals surface area contributed by atoms with Crippen molar-refractivity contribution < 1.29 is 22.7 Å². The molecule has 0 saturated carbocycles. The maximum absolute atomic E-state index is 12.6. The Morgan fingerprint density at radius 2 is 2.00 bits per heavy atom. The molecule has 0 saturated heterocycles. The number of nitrogens with one attached hydrogen (secondary N) is 2. The van der Waals surface area contributed by atoms with Gasteiger partial charge in [0.25, 0.3) is 10.0 Å². The van der Waals surface area contributed by atoms with E-state index in [0.29, 0.717) is 0 Å². The van der Waals surface area contributed by atoms with Gasteiger partial charge >= 0.3 is 5.97 Å². The zero-order valence-electron chi connectivity index (χ0n) is 13.8. The molecule has 134 valence electrons. The lowest BCUT2D eigenvalue weighted by Gasteiger charge is -2.08. The molecule has 2 aromatic rings. The van der Waals surface area contributed by atoms with E-state index in [1.54, 1.807) is 0 Å². The Labute approximate surface area is 150 Å². The molecule has 9 heteroatoms. The largest absolute Gasteiger partial charge is 0.494 e. The van der Waals surface area contributed by atoms with Gasteiger partial charge in [0.15, 0.2) is 9.96 Å². The first-order chi connectivity index (χ1) is 11.9. The number of hydrogen-bond donors (Lipinski definition) is 2. The van der Waals surface area contributed by atoms with Crippen LogP contribution >= 0.6 is 11.3 Å². The number of sulfonamides is 1. The average Bonchev–Trinajstić information content (AvgIpc) is 3.25. The molecule has 2 N–H and O–H groups in total. The molecule has 1 aromatic heterocycles. The summed E-state index contributed by atoms with van der Waals surface area (Å²) in [6.45, 7) is 1.78. The summed E-state index contributed by atoms with van der Waals surface area (Å²) in [5, 5.41) is 3.25. The van der Waals surface area contributed by atoms with Crippen LogP contribution in [0.2, 0.25) is 0 Å². The van der Waals surface area contributed by atoms with Gasteiger partial charge in [-0.3, -0.25) is 0 Å².